The van der Waals surface area contributed by atoms with Gasteiger partial charge in [0, 0.05) is 18.5 Å². The van der Waals surface area contributed by atoms with Gasteiger partial charge in [0.1, 0.15) is 5.60 Å². The Labute approximate surface area is 243 Å². The maximum Gasteiger partial charge on any atom is 0.306 e. The van der Waals surface area contributed by atoms with E-state index in [1.807, 2.05) is 75.4 Å². The van der Waals surface area contributed by atoms with E-state index in [9.17, 15) is 14.4 Å². The van der Waals surface area contributed by atoms with Crippen LogP contribution in [0.25, 0.3) is 0 Å². The monoisotopic (exact) mass is 561 g/mol. The van der Waals surface area contributed by atoms with E-state index < -0.39 is 5.60 Å². The van der Waals surface area contributed by atoms with Gasteiger partial charge >= 0.3 is 5.97 Å². The first-order valence-corrected chi connectivity index (χ1v) is 14.9. The van der Waals surface area contributed by atoms with Crippen LogP contribution in [0.15, 0.2) is 59.7 Å². The first-order chi connectivity index (χ1) is 19.7. The molecular weight excluding hydrogens is 518 g/mol. The van der Waals surface area contributed by atoms with Crippen LogP contribution < -0.4 is 5.32 Å². The van der Waals surface area contributed by atoms with Crippen molar-refractivity contribution >= 4 is 23.7 Å². The SMILES string of the molecule is CC(C)(C)OC(=O)CCCCCNC(=O)C(c1ccc(CN2N=C(c3ccccc3)OCC2=O)cc1)C1CCCC1. The highest BCUT2D eigenvalue weighted by molar-refractivity contribution is 5.97. The summed E-state index contributed by atoms with van der Waals surface area (Å²) >= 11 is 0. The average Bonchev–Trinajstić information content (AvgIpc) is 3.47. The van der Waals surface area contributed by atoms with E-state index in [1.165, 1.54) is 5.01 Å². The molecule has 8 heteroatoms. The molecule has 0 aromatic heterocycles. The van der Waals surface area contributed by atoms with Crippen molar-refractivity contribution in [3.05, 3.63) is 71.3 Å². The predicted octanol–water partition coefficient (Wildman–Crippen LogP) is 5.70. The van der Waals surface area contributed by atoms with E-state index in [4.69, 9.17) is 9.47 Å². The Morgan fingerprint density at radius 1 is 1.02 bits per heavy atom. The molecular formula is C33H43N3O5. The lowest BCUT2D eigenvalue weighted by molar-refractivity contribution is -0.155. The van der Waals surface area contributed by atoms with Crippen LogP contribution in [0.5, 0.6) is 0 Å². The number of nitrogens with one attached hydrogen (secondary N) is 1. The van der Waals surface area contributed by atoms with Crippen molar-refractivity contribution in [1.82, 2.24) is 10.3 Å². The van der Waals surface area contributed by atoms with Gasteiger partial charge in [-0.1, -0.05) is 61.7 Å². The number of hydrogen-bond acceptors (Lipinski definition) is 6. The van der Waals surface area contributed by atoms with Gasteiger partial charge in [0.15, 0.2) is 6.61 Å². The number of ether oxygens (including phenoxy) is 2. The van der Waals surface area contributed by atoms with Gasteiger partial charge in [0.2, 0.25) is 11.8 Å². The van der Waals surface area contributed by atoms with Crippen LogP contribution in [0.4, 0.5) is 0 Å². The minimum absolute atomic E-state index is 0.0449. The van der Waals surface area contributed by atoms with Crippen molar-refractivity contribution in [3.8, 4) is 0 Å². The second kappa shape index (κ2) is 14.3. The Bertz CT molecular complexity index is 1200. The third-order valence-electron chi connectivity index (χ3n) is 7.45. The lowest BCUT2D eigenvalue weighted by atomic mass is 9.83. The lowest BCUT2D eigenvalue weighted by Crippen LogP contribution is -2.36. The summed E-state index contributed by atoms with van der Waals surface area (Å²) in [5.74, 6) is 0.269. The van der Waals surface area contributed by atoms with E-state index >= 15 is 0 Å². The molecule has 4 rings (SSSR count). The molecule has 41 heavy (non-hydrogen) atoms. The summed E-state index contributed by atoms with van der Waals surface area (Å²) < 4.78 is 10.9. The van der Waals surface area contributed by atoms with Crippen LogP contribution in [0, 0.1) is 5.92 Å². The number of amides is 2. The molecule has 0 spiro atoms. The van der Waals surface area contributed by atoms with E-state index in [-0.39, 0.29) is 30.3 Å². The molecule has 220 valence electrons. The summed E-state index contributed by atoms with van der Waals surface area (Å²) in [4.78, 5) is 37.8. The minimum atomic E-state index is -0.460. The molecule has 1 unspecified atom stereocenters. The molecule has 1 aliphatic heterocycles. The van der Waals surface area contributed by atoms with E-state index in [2.05, 4.69) is 10.4 Å². The summed E-state index contributed by atoms with van der Waals surface area (Å²) in [5, 5.41) is 9.05. The third-order valence-corrected chi connectivity index (χ3v) is 7.45. The van der Waals surface area contributed by atoms with Crippen LogP contribution in [0.1, 0.15) is 94.7 Å². The molecule has 2 aromatic rings. The summed E-state index contributed by atoms with van der Waals surface area (Å²) in [5.41, 5.74) is 2.31. The smallest absolute Gasteiger partial charge is 0.306 e. The van der Waals surface area contributed by atoms with Gasteiger partial charge in [-0.25, -0.2) is 5.01 Å². The molecule has 8 nitrogen and oxygen atoms in total. The fourth-order valence-electron chi connectivity index (χ4n) is 5.46. The highest BCUT2D eigenvalue weighted by Gasteiger charge is 2.32. The largest absolute Gasteiger partial charge is 0.466 e. The molecule has 0 bridgehead atoms. The van der Waals surface area contributed by atoms with Crippen LogP contribution >= 0.6 is 0 Å². The van der Waals surface area contributed by atoms with Crippen molar-refractivity contribution in [2.75, 3.05) is 13.2 Å². The number of benzene rings is 2. The number of hydrogen-bond donors (Lipinski definition) is 1. The molecule has 0 saturated heterocycles. The van der Waals surface area contributed by atoms with E-state index in [0.717, 1.165) is 61.6 Å². The highest BCUT2D eigenvalue weighted by Crippen LogP contribution is 2.37. The Balaban J connectivity index is 1.32. The number of hydrazone groups is 1. The molecule has 1 atom stereocenters. The Kier molecular flexibility index (Phi) is 10.6. The molecule has 1 fully saturated rings. The molecule has 0 radical (unpaired) electrons. The van der Waals surface area contributed by atoms with Crippen molar-refractivity contribution in [1.29, 1.82) is 0 Å². The Morgan fingerprint density at radius 3 is 2.41 bits per heavy atom. The molecule has 2 aromatic carbocycles. The second-order valence-corrected chi connectivity index (χ2v) is 12.0. The van der Waals surface area contributed by atoms with Crippen LogP contribution in [-0.2, 0) is 30.4 Å². The topological polar surface area (TPSA) is 97.3 Å². The van der Waals surface area contributed by atoms with Gasteiger partial charge in [-0.15, -0.1) is 5.10 Å². The van der Waals surface area contributed by atoms with Gasteiger partial charge < -0.3 is 14.8 Å². The van der Waals surface area contributed by atoms with Gasteiger partial charge in [-0.3, -0.25) is 14.4 Å². The van der Waals surface area contributed by atoms with Crippen LogP contribution in [-0.4, -0.2) is 47.4 Å². The number of carbonyl (C=O) groups excluding carboxylic acids is 3. The van der Waals surface area contributed by atoms with Gasteiger partial charge in [-0.2, -0.15) is 0 Å². The number of nitrogens with zero attached hydrogens (tertiary/aromatic N) is 2. The summed E-state index contributed by atoms with van der Waals surface area (Å²) in [7, 11) is 0. The van der Waals surface area contributed by atoms with Crippen molar-refractivity contribution in [2.45, 2.75) is 90.2 Å². The predicted molar refractivity (Wildman–Crippen MR) is 158 cm³/mol. The first-order valence-electron chi connectivity index (χ1n) is 14.9. The fourth-order valence-corrected chi connectivity index (χ4v) is 5.46. The van der Waals surface area contributed by atoms with Crippen molar-refractivity contribution in [3.63, 3.8) is 0 Å². The molecule has 2 aliphatic rings. The molecule has 1 N–H and O–H groups in total. The minimum Gasteiger partial charge on any atom is -0.466 e. The average molecular weight is 562 g/mol. The maximum atomic E-state index is 13.4. The molecule has 1 saturated carbocycles. The highest BCUT2D eigenvalue weighted by atomic mass is 16.6. The number of esters is 1. The van der Waals surface area contributed by atoms with E-state index in [0.29, 0.717) is 31.3 Å². The summed E-state index contributed by atoms with van der Waals surface area (Å²) in [6.07, 6.45) is 7.24. The third kappa shape index (κ3) is 9.17. The normalized spacial score (nSPS) is 16.6. The number of rotatable bonds is 12. The van der Waals surface area contributed by atoms with Gasteiger partial charge in [-0.05, 0) is 75.6 Å². The summed E-state index contributed by atoms with van der Waals surface area (Å²) in [6.45, 7) is 6.50. The molecule has 1 heterocycles. The molecule has 2 amide bonds. The zero-order valence-electron chi connectivity index (χ0n) is 24.6. The quantitative estimate of drug-likeness (QED) is 0.265. The molecule has 1 aliphatic carbocycles. The summed E-state index contributed by atoms with van der Waals surface area (Å²) in [6, 6.07) is 17.6. The Morgan fingerprint density at radius 2 is 1.73 bits per heavy atom. The van der Waals surface area contributed by atoms with Crippen LogP contribution in [0.2, 0.25) is 0 Å². The van der Waals surface area contributed by atoms with Crippen molar-refractivity contribution < 1.29 is 23.9 Å². The van der Waals surface area contributed by atoms with Gasteiger partial charge in [0.25, 0.3) is 5.91 Å². The fraction of sp³-hybridized carbons (Fsp3) is 0.515. The Hall–Kier alpha value is -3.68. The van der Waals surface area contributed by atoms with Gasteiger partial charge in [0.05, 0.1) is 12.5 Å². The zero-order valence-corrected chi connectivity index (χ0v) is 24.6. The zero-order chi connectivity index (χ0) is 29.2. The lowest BCUT2D eigenvalue weighted by Gasteiger charge is -2.25. The van der Waals surface area contributed by atoms with Crippen molar-refractivity contribution in [2.24, 2.45) is 11.0 Å². The first kappa shape index (κ1) is 30.3. The van der Waals surface area contributed by atoms with Crippen LogP contribution in [0.3, 0.4) is 0 Å². The number of carbonyl (C=O) groups is 3. The number of unbranched alkanes of at least 4 members (excludes halogenated alkanes) is 2. The standard InChI is InChI=1S/C33H43N3O5/c1-33(2,3)41-29(38)16-8-5-11-21-34-31(39)30(25-12-9-10-13-25)26-19-17-24(18-20-26)22-36-28(37)23-40-32(35-36)27-14-6-4-7-15-27/h4,6-7,14-15,17-20,25,30H,5,8-13,16,21-23H2,1-3H3,(H,34,39). The second-order valence-electron chi connectivity index (χ2n) is 12.0. The van der Waals surface area contributed by atoms with E-state index in [1.54, 1.807) is 0 Å². The maximum absolute atomic E-state index is 13.4.